The van der Waals surface area contributed by atoms with Crippen molar-refractivity contribution in [3.05, 3.63) is 0 Å². The summed E-state index contributed by atoms with van der Waals surface area (Å²) < 4.78 is 10.8. The molecule has 0 aromatic carbocycles. The highest BCUT2D eigenvalue weighted by atomic mass is 16.5. The number of rotatable bonds is 8. The van der Waals surface area contributed by atoms with Crippen molar-refractivity contribution in [3.63, 3.8) is 0 Å². The van der Waals surface area contributed by atoms with E-state index < -0.39 is 11.5 Å². The van der Waals surface area contributed by atoms with Crippen molar-refractivity contribution in [2.75, 3.05) is 26.4 Å². The molecule has 5 nitrogen and oxygen atoms in total. The predicted molar refractivity (Wildman–Crippen MR) is 66.6 cm³/mol. The van der Waals surface area contributed by atoms with Gasteiger partial charge in [-0.25, -0.2) is 0 Å². The number of hydrogen-bond acceptors (Lipinski definition) is 4. The zero-order valence-electron chi connectivity index (χ0n) is 11.0. The van der Waals surface area contributed by atoms with Crippen molar-refractivity contribution in [1.29, 1.82) is 0 Å². The summed E-state index contributed by atoms with van der Waals surface area (Å²) in [6.07, 6.45) is 3.73. The number of nitrogens with one attached hydrogen (secondary N) is 1. The minimum absolute atomic E-state index is 0.384. The molecule has 5 heteroatoms. The van der Waals surface area contributed by atoms with Gasteiger partial charge in [-0.15, -0.1) is 0 Å². The van der Waals surface area contributed by atoms with Gasteiger partial charge in [0.25, 0.3) is 0 Å². The molecule has 2 fully saturated rings. The quantitative estimate of drug-likeness (QED) is 0.636. The molecule has 0 radical (unpaired) electrons. The number of carboxylic acid groups (broad SMARTS) is 1. The molecule has 1 heterocycles. The number of carboxylic acids is 1. The SMILES string of the molecule is CC(CCOCC1CCOC1)(NC1CC1)C(=O)O. The van der Waals surface area contributed by atoms with Gasteiger partial charge in [0.15, 0.2) is 0 Å². The first kappa shape index (κ1) is 13.8. The minimum Gasteiger partial charge on any atom is -0.480 e. The zero-order chi connectivity index (χ0) is 13.0. The monoisotopic (exact) mass is 257 g/mol. The van der Waals surface area contributed by atoms with Crippen molar-refractivity contribution in [2.24, 2.45) is 5.92 Å². The first-order chi connectivity index (χ1) is 8.60. The molecule has 2 atom stereocenters. The standard InChI is InChI=1S/C13H23NO4/c1-13(12(15)16,14-11-2-3-11)5-7-18-9-10-4-6-17-8-10/h10-11,14H,2-9H2,1H3,(H,15,16). The highest BCUT2D eigenvalue weighted by molar-refractivity contribution is 5.78. The second-order valence-electron chi connectivity index (χ2n) is 5.61. The van der Waals surface area contributed by atoms with Crippen LogP contribution < -0.4 is 5.32 Å². The van der Waals surface area contributed by atoms with E-state index in [0.29, 0.717) is 31.6 Å². The van der Waals surface area contributed by atoms with Crippen molar-refractivity contribution >= 4 is 5.97 Å². The molecule has 0 aromatic rings. The molecular weight excluding hydrogens is 234 g/mol. The van der Waals surface area contributed by atoms with Gasteiger partial charge in [-0.1, -0.05) is 0 Å². The Labute approximate surface area is 108 Å². The van der Waals surface area contributed by atoms with E-state index in [2.05, 4.69) is 5.32 Å². The summed E-state index contributed by atoms with van der Waals surface area (Å²) in [5.41, 5.74) is -0.854. The Morgan fingerprint density at radius 3 is 2.83 bits per heavy atom. The van der Waals surface area contributed by atoms with Gasteiger partial charge in [0.2, 0.25) is 0 Å². The molecule has 2 rings (SSSR count). The fraction of sp³-hybridized carbons (Fsp3) is 0.923. The van der Waals surface area contributed by atoms with E-state index in [1.165, 1.54) is 0 Å². The Morgan fingerprint density at radius 1 is 1.50 bits per heavy atom. The third kappa shape index (κ3) is 3.93. The van der Waals surface area contributed by atoms with Crippen molar-refractivity contribution in [3.8, 4) is 0 Å². The molecule has 1 saturated carbocycles. The number of ether oxygens (including phenoxy) is 2. The number of hydrogen-bond donors (Lipinski definition) is 2. The topological polar surface area (TPSA) is 67.8 Å². The van der Waals surface area contributed by atoms with E-state index >= 15 is 0 Å². The van der Waals surface area contributed by atoms with Crippen LogP contribution in [0.15, 0.2) is 0 Å². The van der Waals surface area contributed by atoms with Crippen LogP contribution in [0.4, 0.5) is 0 Å². The molecule has 2 unspecified atom stereocenters. The van der Waals surface area contributed by atoms with Crippen molar-refractivity contribution in [1.82, 2.24) is 5.32 Å². The van der Waals surface area contributed by atoms with E-state index in [9.17, 15) is 9.90 Å². The van der Waals surface area contributed by atoms with Crippen LogP contribution in [0.2, 0.25) is 0 Å². The van der Waals surface area contributed by atoms with Crippen molar-refractivity contribution < 1.29 is 19.4 Å². The van der Waals surface area contributed by atoms with Gasteiger partial charge in [0.1, 0.15) is 5.54 Å². The summed E-state index contributed by atoms with van der Waals surface area (Å²) in [5, 5.41) is 12.5. The highest BCUT2D eigenvalue weighted by Gasteiger charge is 2.38. The minimum atomic E-state index is -0.854. The first-order valence-corrected chi connectivity index (χ1v) is 6.77. The van der Waals surface area contributed by atoms with E-state index in [0.717, 1.165) is 32.5 Å². The average molecular weight is 257 g/mol. The maximum absolute atomic E-state index is 11.3. The van der Waals surface area contributed by atoms with Gasteiger partial charge in [0, 0.05) is 25.2 Å². The smallest absolute Gasteiger partial charge is 0.323 e. The lowest BCUT2D eigenvalue weighted by Gasteiger charge is -2.26. The van der Waals surface area contributed by atoms with Crippen LogP contribution in [-0.4, -0.2) is 49.1 Å². The molecule has 1 aliphatic carbocycles. The van der Waals surface area contributed by atoms with E-state index in [4.69, 9.17) is 9.47 Å². The van der Waals surface area contributed by atoms with Gasteiger partial charge >= 0.3 is 5.97 Å². The van der Waals surface area contributed by atoms with Gasteiger partial charge in [-0.3, -0.25) is 10.1 Å². The molecule has 104 valence electrons. The lowest BCUT2D eigenvalue weighted by molar-refractivity contribution is -0.145. The van der Waals surface area contributed by atoms with Crippen LogP contribution in [0.3, 0.4) is 0 Å². The highest BCUT2D eigenvalue weighted by Crippen LogP contribution is 2.24. The van der Waals surface area contributed by atoms with Crippen molar-refractivity contribution in [2.45, 2.75) is 44.2 Å². The maximum Gasteiger partial charge on any atom is 0.323 e. The second-order valence-corrected chi connectivity index (χ2v) is 5.61. The Kier molecular flexibility index (Phi) is 4.59. The summed E-state index contributed by atoms with van der Waals surface area (Å²) in [7, 11) is 0. The normalized spacial score (nSPS) is 27.1. The lowest BCUT2D eigenvalue weighted by atomic mass is 9.98. The summed E-state index contributed by atoms with van der Waals surface area (Å²) in [6, 6.07) is 0.384. The Hall–Kier alpha value is -0.650. The molecule has 2 aliphatic rings. The van der Waals surface area contributed by atoms with E-state index in [1.807, 2.05) is 0 Å². The third-order valence-corrected chi connectivity index (χ3v) is 3.70. The molecular formula is C13H23NO4. The molecule has 18 heavy (non-hydrogen) atoms. The van der Waals surface area contributed by atoms with E-state index in [1.54, 1.807) is 6.92 Å². The molecule has 0 aromatic heterocycles. The maximum atomic E-state index is 11.3. The fourth-order valence-electron chi connectivity index (χ4n) is 2.16. The second kappa shape index (κ2) is 5.99. The average Bonchev–Trinajstić information content (AvgIpc) is 2.97. The Morgan fingerprint density at radius 2 is 2.28 bits per heavy atom. The Balaban J connectivity index is 1.66. The summed E-state index contributed by atoms with van der Waals surface area (Å²) >= 11 is 0. The molecule has 1 aliphatic heterocycles. The van der Waals surface area contributed by atoms with Crippen LogP contribution in [0, 0.1) is 5.92 Å². The molecule has 1 saturated heterocycles. The van der Waals surface area contributed by atoms with Gasteiger partial charge in [-0.05, 0) is 32.6 Å². The molecule has 2 N–H and O–H groups in total. The molecule has 0 spiro atoms. The fourth-order valence-corrected chi connectivity index (χ4v) is 2.16. The summed E-state index contributed by atoms with van der Waals surface area (Å²) in [5.74, 6) is -0.306. The van der Waals surface area contributed by atoms with Crippen LogP contribution in [-0.2, 0) is 14.3 Å². The van der Waals surface area contributed by atoms with Gasteiger partial charge < -0.3 is 14.6 Å². The predicted octanol–water partition coefficient (Wildman–Crippen LogP) is 1.02. The van der Waals surface area contributed by atoms with Crippen LogP contribution in [0.1, 0.15) is 32.6 Å². The number of carbonyl (C=O) groups is 1. The third-order valence-electron chi connectivity index (χ3n) is 3.70. The van der Waals surface area contributed by atoms with Crippen LogP contribution in [0.25, 0.3) is 0 Å². The zero-order valence-corrected chi connectivity index (χ0v) is 11.0. The molecule has 0 amide bonds. The van der Waals surface area contributed by atoms with Gasteiger partial charge in [-0.2, -0.15) is 0 Å². The molecule has 0 bridgehead atoms. The van der Waals surface area contributed by atoms with E-state index in [-0.39, 0.29) is 0 Å². The van der Waals surface area contributed by atoms with Crippen LogP contribution in [0.5, 0.6) is 0 Å². The summed E-state index contributed by atoms with van der Waals surface area (Å²) in [4.78, 5) is 11.3. The first-order valence-electron chi connectivity index (χ1n) is 6.77. The van der Waals surface area contributed by atoms with Crippen LogP contribution >= 0.6 is 0 Å². The van der Waals surface area contributed by atoms with Gasteiger partial charge in [0.05, 0.1) is 13.2 Å². The summed E-state index contributed by atoms with van der Waals surface area (Å²) in [6.45, 7) is 4.51. The lowest BCUT2D eigenvalue weighted by Crippen LogP contribution is -2.51. The largest absolute Gasteiger partial charge is 0.480 e. The number of aliphatic carboxylic acids is 1. The Bertz CT molecular complexity index is 287.